The van der Waals surface area contributed by atoms with E-state index in [4.69, 9.17) is 10.00 Å². The molecule has 0 saturated heterocycles. The third-order valence-corrected chi connectivity index (χ3v) is 2.08. The number of methoxy groups -OCH3 is 1. The van der Waals surface area contributed by atoms with E-state index < -0.39 is 11.9 Å². The Kier molecular flexibility index (Phi) is 4.23. The maximum Gasteiger partial charge on any atom is 0.337 e. The number of nitriles is 1. The summed E-state index contributed by atoms with van der Waals surface area (Å²) in [4.78, 5) is 21.9. The van der Waals surface area contributed by atoms with Crippen LogP contribution in [0.5, 0.6) is 0 Å². The molecule has 88 valence electrons. The van der Waals surface area contributed by atoms with Gasteiger partial charge in [-0.05, 0) is 12.1 Å². The molecule has 1 rings (SSSR count). The maximum atomic E-state index is 11.2. The van der Waals surface area contributed by atoms with Crippen LogP contribution in [0.2, 0.25) is 0 Å². The average Bonchev–Trinajstić information content (AvgIpc) is 2.34. The highest BCUT2D eigenvalue weighted by Gasteiger charge is 2.10. The molecular formula is C12H11NO4. The molecule has 0 unspecified atom stereocenters. The standard InChI is InChI=1S/C12H11NO4/c1-8(14)17-7-10-4-3-9(12(15)16-2)5-11(10)6-13/h3-5H,7H2,1-2H3. The van der Waals surface area contributed by atoms with E-state index in [1.165, 1.54) is 26.2 Å². The number of nitrogens with zero attached hydrogens (tertiary/aromatic N) is 1. The van der Waals surface area contributed by atoms with Gasteiger partial charge in [-0.1, -0.05) is 6.07 Å². The van der Waals surface area contributed by atoms with Crippen LogP contribution in [0, 0.1) is 11.3 Å². The molecule has 0 N–H and O–H groups in total. The first-order valence-electron chi connectivity index (χ1n) is 4.83. The Bertz CT molecular complexity index is 488. The summed E-state index contributed by atoms with van der Waals surface area (Å²) in [6, 6.07) is 6.43. The van der Waals surface area contributed by atoms with Crippen LogP contribution in [0.25, 0.3) is 0 Å². The number of hydrogen-bond donors (Lipinski definition) is 0. The van der Waals surface area contributed by atoms with Gasteiger partial charge in [0.15, 0.2) is 0 Å². The van der Waals surface area contributed by atoms with Gasteiger partial charge in [0, 0.05) is 12.5 Å². The minimum Gasteiger partial charge on any atom is -0.465 e. The fourth-order valence-electron chi connectivity index (χ4n) is 1.23. The third kappa shape index (κ3) is 3.31. The van der Waals surface area contributed by atoms with E-state index in [1.54, 1.807) is 6.07 Å². The summed E-state index contributed by atoms with van der Waals surface area (Å²) >= 11 is 0. The molecule has 0 saturated carbocycles. The van der Waals surface area contributed by atoms with Crippen LogP contribution in [0.4, 0.5) is 0 Å². The number of carbonyl (C=O) groups excluding carboxylic acids is 2. The number of benzene rings is 1. The summed E-state index contributed by atoms with van der Waals surface area (Å²) in [6.07, 6.45) is 0. The molecule has 0 fully saturated rings. The highest BCUT2D eigenvalue weighted by Crippen LogP contribution is 2.13. The molecule has 1 aromatic rings. The van der Waals surface area contributed by atoms with Gasteiger partial charge in [-0.15, -0.1) is 0 Å². The molecule has 17 heavy (non-hydrogen) atoms. The molecule has 0 aliphatic heterocycles. The van der Waals surface area contributed by atoms with Crippen molar-refractivity contribution in [3.05, 3.63) is 34.9 Å². The molecular weight excluding hydrogens is 222 g/mol. The third-order valence-electron chi connectivity index (χ3n) is 2.08. The molecule has 0 amide bonds. The number of hydrogen-bond acceptors (Lipinski definition) is 5. The Morgan fingerprint density at radius 1 is 1.41 bits per heavy atom. The van der Waals surface area contributed by atoms with Crippen molar-refractivity contribution in [2.24, 2.45) is 0 Å². The van der Waals surface area contributed by atoms with Crippen molar-refractivity contribution in [1.82, 2.24) is 0 Å². The van der Waals surface area contributed by atoms with E-state index in [2.05, 4.69) is 4.74 Å². The molecule has 0 aliphatic carbocycles. The Morgan fingerprint density at radius 3 is 2.65 bits per heavy atom. The van der Waals surface area contributed by atoms with Crippen LogP contribution < -0.4 is 0 Å². The first-order chi connectivity index (χ1) is 8.08. The van der Waals surface area contributed by atoms with Crippen molar-refractivity contribution in [2.75, 3.05) is 7.11 Å². The van der Waals surface area contributed by atoms with Gasteiger partial charge in [-0.2, -0.15) is 5.26 Å². The Labute approximate surface area is 98.6 Å². The quantitative estimate of drug-likeness (QED) is 0.737. The molecule has 0 heterocycles. The zero-order chi connectivity index (χ0) is 12.8. The predicted molar refractivity (Wildman–Crippen MR) is 58.0 cm³/mol. The van der Waals surface area contributed by atoms with Crippen molar-refractivity contribution in [1.29, 1.82) is 5.26 Å². The lowest BCUT2D eigenvalue weighted by Gasteiger charge is -2.06. The molecule has 0 aromatic heterocycles. The van der Waals surface area contributed by atoms with Gasteiger partial charge in [0.1, 0.15) is 6.61 Å². The Morgan fingerprint density at radius 2 is 2.12 bits per heavy atom. The van der Waals surface area contributed by atoms with Gasteiger partial charge in [0.05, 0.1) is 24.3 Å². The highest BCUT2D eigenvalue weighted by molar-refractivity contribution is 5.89. The smallest absolute Gasteiger partial charge is 0.337 e. The lowest BCUT2D eigenvalue weighted by Crippen LogP contribution is -2.05. The van der Waals surface area contributed by atoms with E-state index in [-0.39, 0.29) is 17.7 Å². The van der Waals surface area contributed by atoms with Crippen LogP contribution in [0.15, 0.2) is 18.2 Å². The molecule has 1 aromatic carbocycles. The largest absolute Gasteiger partial charge is 0.465 e. The molecule has 0 aliphatic rings. The van der Waals surface area contributed by atoms with Crippen molar-refractivity contribution < 1.29 is 19.1 Å². The lowest BCUT2D eigenvalue weighted by molar-refractivity contribution is -0.142. The molecule has 0 radical (unpaired) electrons. The fraction of sp³-hybridized carbons (Fsp3) is 0.250. The van der Waals surface area contributed by atoms with Gasteiger partial charge >= 0.3 is 11.9 Å². The van der Waals surface area contributed by atoms with Crippen molar-refractivity contribution in [3.8, 4) is 6.07 Å². The predicted octanol–water partition coefficient (Wildman–Crippen LogP) is 1.41. The maximum absolute atomic E-state index is 11.2. The summed E-state index contributed by atoms with van der Waals surface area (Å²) in [5.41, 5.74) is 1.13. The van der Waals surface area contributed by atoms with Gasteiger partial charge in [0.25, 0.3) is 0 Å². The Hall–Kier alpha value is -2.35. The average molecular weight is 233 g/mol. The molecule has 0 bridgehead atoms. The second kappa shape index (κ2) is 5.66. The fourth-order valence-corrected chi connectivity index (χ4v) is 1.23. The minimum absolute atomic E-state index is 0.0136. The summed E-state index contributed by atoms with van der Waals surface area (Å²) < 4.78 is 9.33. The molecule has 5 nitrogen and oxygen atoms in total. The number of rotatable bonds is 3. The normalized spacial score (nSPS) is 9.24. The van der Waals surface area contributed by atoms with Crippen LogP contribution >= 0.6 is 0 Å². The SMILES string of the molecule is COC(=O)c1ccc(COC(C)=O)c(C#N)c1. The lowest BCUT2D eigenvalue weighted by atomic mass is 10.1. The topological polar surface area (TPSA) is 76.4 Å². The second-order valence-corrected chi connectivity index (χ2v) is 3.26. The van der Waals surface area contributed by atoms with E-state index in [9.17, 15) is 9.59 Å². The monoisotopic (exact) mass is 233 g/mol. The number of esters is 2. The van der Waals surface area contributed by atoms with Crippen LogP contribution in [0.1, 0.15) is 28.4 Å². The van der Waals surface area contributed by atoms with E-state index in [0.29, 0.717) is 5.56 Å². The molecule has 5 heteroatoms. The number of ether oxygens (including phenoxy) is 2. The van der Waals surface area contributed by atoms with E-state index in [1.807, 2.05) is 6.07 Å². The minimum atomic E-state index is -0.513. The summed E-state index contributed by atoms with van der Waals surface area (Å²) in [5, 5.41) is 8.92. The Balaban J connectivity index is 2.98. The first-order valence-corrected chi connectivity index (χ1v) is 4.83. The second-order valence-electron chi connectivity index (χ2n) is 3.26. The van der Waals surface area contributed by atoms with Crippen LogP contribution in [-0.4, -0.2) is 19.0 Å². The van der Waals surface area contributed by atoms with E-state index in [0.717, 1.165) is 0 Å². The van der Waals surface area contributed by atoms with Gasteiger partial charge in [-0.25, -0.2) is 4.79 Å². The zero-order valence-corrected chi connectivity index (χ0v) is 9.52. The van der Waals surface area contributed by atoms with Crippen molar-refractivity contribution in [3.63, 3.8) is 0 Å². The molecule has 0 atom stereocenters. The summed E-state index contributed by atoms with van der Waals surface area (Å²) in [7, 11) is 1.27. The zero-order valence-electron chi connectivity index (χ0n) is 9.52. The summed E-state index contributed by atoms with van der Waals surface area (Å²) in [5.74, 6) is -0.938. The van der Waals surface area contributed by atoms with Crippen molar-refractivity contribution in [2.45, 2.75) is 13.5 Å². The molecule has 0 spiro atoms. The first kappa shape index (κ1) is 12.7. The highest BCUT2D eigenvalue weighted by atomic mass is 16.5. The summed E-state index contributed by atoms with van der Waals surface area (Å²) in [6.45, 7) is 1.30. The van der Waals surface area contributed by atoms with Gasteiger partial charge in [0.2, 0.25) is 0 Å². The van der Waals surface area contributed by atoms with Crippen LogP contribution in [-0.2, 0) is 20.9 Å². The van der Waals surface area contributed by atoms with Gasteiger partial charge in [-0.3, -0.25) is 4.79 Å². The number of carbonyl (C=O) groups is 2. The van der Waals surface area contributed by atoms with E-state index >= 15 is 0 Å². The van der Waals surface area contributed by atoms with Crippen LogP contribution in [0.3, 0.4) is 0 Å². The van der Waals surface area contributed by atoms with Crippen molar-refractivity contribution >= 4 is 11.9 Å². The van der Waals surface area contributed by atoms with Gasteiger partial charge < -0.3 is 9.47 Å².